The number of benzene rings is 3. The first-order chi connectivity index (χ1) is 17.9. The Morgan fingerprint density at radius 3 is 2.21 bits per heavy atom. The number of sulfonamides is 1. The minimum atomic E-state index is -4.19. The molecule has 1 atom stereocenters. The fourth-order valence-electron chi connectivity index (χ4n) is 3.84. The Morgan fingerprint density at radius 1 is 0.947 bits per heavy atom. The van der Waals surface area contributed by atoms with Crippen LogP contribution < -0.4 is 9.62 Å². The third kappa shape index (κ3) is 6.61. The average molecular weight is 597 g/mol. The van der Waals surface area contributed by atoms with Gasteiger partial charge in [0, 0.05) is 28.7 Å². The Balaban J connectivity index is 2.09. The standard InChI is InChI=1S/C27H28Cl3N3O4S/c1-17-8-12-22(13-9-17)38(36,37)33(25-7-5-6-23(29)18(25)2)16-26(34)32(19(3)27(35)31-4)15-20-10-11-21(28)14-24(20)30/h5-14,19H,15-16H2,1-4H3,(H,31,35)/t19-/m1/s1. The number of hydrogen-bond acceptors (Lipinski definition) is 4. The maximum Gasteiger partial charge on any atom is 0.264 e. The molecule has 11 heteroatoms. The molecule has 0 saturated carbocycles. The van der Waals surface area contributed by atoms with Crippen LogP contribution in [-0.4, -0.2) is 44.8 Å². The van der Waals surface area contributed by atoms with Crippen LogP contribution in [0.25, 0.3) is 0 Å². The van der Waals surface area contributed by atoms with Crippen LogP contribution in [0.3, 0.4) is 0 Å². The van der Waals surface area contributed by atoms with Crippen LogP contribution in [0.5, 0.6) is 0 Å². The number of aryl methyl sites for hydroxylation is 1. The van der Waals surface area contributed by atoms with Gasteiger partial charge in [0.25, 0.3) is 10.0 Å². The van der Waals surface area contributed by atoms with Crippen LogP contribution in [0, 0.1) is 13.8 Å². The second kappa shape index (κ2) is 12.4. The molecule has 0 bridgehead atoms. The minimum Gasteiger partial charge on any atom is -0.357 e. The molecule has 0 aliphatic rings. The van der Waals surface area contributed by atoms with Gasteiger partial charge in [-0.05, 0) is 68.3 Å². The first-order valence-corrected chi connectivity index (χ1v) is 14.2. The molecule has 3 aromatic carbocycles. The predicted molar refractivity (Wildman–Crippen MR) is 152 cm³/mol. The van der Waals surface area contributed by atoms with Crippen molar-refractivity contribution in [1.82, 2.24) is 10.2 Å². The zero-order valence-electron chi connectivity index (χ0n) is 21.3. The van der Waals surface area contributed by atoms with Crippen LogP contribution in [0.15, 0.2) is 65.6 Å². The first kappa shape index (κ1) is 29.8. The van der Waals surface area contributed by atoms with Crippen molar-refractivity contribution in [2.24, 2.45) is 0 Å². The highest BCUT2D eigenvalue weighted by Gasteiger charge is 2.33. The number of rotatable bonds is 9. The Morgan fingerprint density at radius 2 is 1.61 bits per heavy atom. The summed E-state index contributed by atoms with van der Waals surface area (Å²) in [6.45, 7) is 4.46. The van der Waals surface area contributed by atoms with Gasteiger partial charge in [0.2, 0.25) is 11.8 Å². The van der Waals surface area contributed by atoms with E-state index in [1.54, 1.807) is 56.3 Å². The fourth-order valence-corrected chi connectivity index (χ4v) is 5.95. The number of amides is 2. The van der Waals surface area contributed by atoms with Crippen LogP contribution in [0.1, 0.15) is 23.6 Å². The van der Waals surface area contributed by atoms with Gasteiger partial charge in [-0.15, -0.1) is 0 Å². The molecule has 2 amide bonds. The molecule has 0 radical (unpaired) electrons. The molecule has 38 heavy (non-hydrogen) atoms. The summed E-state index contributed by atoms with van der Waals surface area (Å²) < 4.78 is 28.8. The Kier molecular flexibility index (Phi) is 9.70. The number of anilines is 1. The van der Waals surface area contributed by atoms with Gasteiger partial charge in [-0.3, -0.25) is 13.9 Å². The van der Waals surface area contributed by atoms with Gasteiger partial charge in [0.05, 0.1) is 10.6 Å². The molecule has 7 nitrogen and oxygen atoms in total. The van der Waals surface area contributed by atoms with Gasteiger partial charge in [0.15, 0.2) is 0 Å². The molecule has 0 fully saturated rings. The molecule has 0 aliphatic heterocycles. The van der Waals surface area contributed by atoms with Crippen molar-refractivity contribution < 1.29 is 18.0 Å². The number of likely N-dealkylation sites (N-methyl/N-ethyl adjacent to an activating group) is 1. The largest absolute Gasteiger partial charge is 0.357 e. The second-order valence-corrected chi connectivity index (χ2v) is 11.9. The molecule has 0 aliphatic carbocycles. The molecule has 1 N–H and O–H groups in total. The van der Waals surface area contributed by atoms with Gasteiger partial charge in [-0.25, -0.2) is 8.42 Å². The molecule has 0 saturated heterocycles. The normalized spacial score (nSPS) is 12.1. The summed E-state index contributed by atoms with van der Waals surface area (Å²) >= 11 is 18.7. The second-order valence-electron chi connectivity index (χ2n) is 8.76. The zero-order valence-corrected chi connectivity index (χ0v) is 24.4. The molecular weight excluding hydrogens is 569 g/mol. The van der Waals surface area contributed by atoms with Crippen LogP contribution >= 0.6 is 34.8 Å². The highest BCUT2D eigenvalue weighted by molar-refractivity contribution is 7.92. The smallest absolute Gasteiger partial charge is 0.264 e. The van der Waals surface area contributed by atoms with E-state index in [-0.39, 0.29) is 17.1 Å². The summed E-state index contributed by atoms with van der Waals surface area (Å²) in [6, 6.07) is 15.1. The fraction of sp³-hybridized carbons (Fsp3) is 0.259. The average Bonchev–Trinajstić information content (AvgIpc) is 2.88. The third-order valence-electron chi connectivity index (χ3n) is 6.17. The van der Waals surface area contributed by atoms with Gasteiger partial charge in [-0.2, -0.15) is 0 Å². The van der Waals surface area contributed by atoms with E-state index in [1.165, 1.54) is 30.1 Å². The summed E-state index contributed by atoms with van der Waals surface area (Å²) in [5, 5.41) is 3.62. The van der Waals surface area contributed by atoms with Crippen LogP contribution in [0.4, 0.5) is 5.69 Å². The number of hydrogen-bond donors (Lipinski definition) is 1. The lowest BCUT2D eigenvalue weighted by Gasteiger charge is -2.32. The lowest BCUT2D eigenvalue weighted by molar-refractivity contribution is -0.139. The molecule has 3 aromatic rings. The maximum absolute atomic E-state index is 13.9. The van der Waals surface area contributed by atoms with E-state index in [0.717, 1.165) is 9.87 Å². The van der Waals surface area contributed by atoms with Crippen molar-refractivity contribution in [3.05, 3.63) is 92.4 Å². The zero-order chi connectivity index (χ0) is 28.2. The van der Waals surface area contributed by atoms with E-state index >= 15 is 0 Å². The van der Waals surface area contributed by atoms with Crippen molar-refractivity contribution in [2.45, 2.75) is 38.3 Å². The summed E-state index contributed by atoms with van der Waals surface area (Å²) in [5.41, 5.74) is 2.18. The first-order valence-electron chi connectivity index (χ1n) is 11.7. The Hall–Kier alpha value is -2.78. The Bertz CT molecular complexity index is 1450. The van der Waals surface area contributed by atoms with Crippen molar-refractivity contribution in [1.29, 1.82) is 0 Å². The van der Waals surface area contributed by atoms with E-state index in [9.17, 15) is 18.0 Å². The third-order valence-corrected chi connectivity index (χ3v) is 8.94. The summed E-state index contributed by atoms with van der Waals surface area (Å²) in [5.74, 6) is -1.03. The summed E-state index contributed by atoms with van der Waals surface area (Å²) in [7, 11) is -2.74. The lowest BCUT2D eigenvalue weighted by atomic mass is 10.1. The number of nitrogens with one attached hydrogen (secondary N) is 1. The highest BCUT2D eigenvalue weighted by Crippen LogP contribution is 2.31. The molecule has 202 valence electrons. The maximum atomic E-state index is 13.9. The number of carbonyl (C=O) groups is 2. The number of carbonyl (C=O) groups excluding carboxylic acids is 2. The van der Waals surface area contributed by atoms with Crippen LogP contribution in [-0.2, 0) is 26.2 Å². The van der Waals surface area contributed by atoms with E-state index in [2.05, 4.69) is 5.32 Å². The van der Waals surface area contributed by atoms with Gasteiger partial charge in [-0.1, -0.05) is 64.6 Å². The monoisotopic (exact) mass is 595 g/mol. The summed E-state index contributed by atoms with van der Waals surface area (Å²) in [6.07, 6.45) is 0. The molecule has 0 aromatic heterocycles. The number of halogens is 3. The van der Waals surface area contributed by atoms with E-state index in [1.807, 2.05) is 6.92 Å². The topological polar surface area (TPSA) is 86.8 Å². The number of nitrogens with zero attached hydrogens (tertiary/aromatic N) is 2. The van der Waals surface area contributed by atoms with E-state index in [0.29, 0.717) is 26.2 Å². The predicted octanol–water partition coefficient (Wildman–Crippen LogP) is 5.62. The molecular formula is C27H28Cl3N3O4S. The molecule has 3 rings (SSSR count). The van der Waals surface area contributed by atoms with Gasteiger partial charge >= 0.3 is 0 Å². The molecule has 0 unspecified atom stereocenters. The van der Waals surface area contributed by atoms with Crippen molar-refractivity contribution >= 4 is 62.3 Å². The molecule has 0 heterocycles. The summed E-state index contributed by atoms with van der Waals surface area (Å²) in [4.78, 5) is 27.7. The SMILES string of the molecule is CNC(=O)[C@@H](C)N(Cc1ccc(Cl)cc1Cl)C(=O)CN(c1cccc(Cl)c1C)S(=O)(=O)c1ccc(C)cc1. The quantitative estimate of drug-likeness (QED) is 0.347. The molecule has 0 spiro atoms. The minimum absolute atomic E-state index is 0.0157. The van der Waals surface area contributed by atoms with E-state index in [4.69, 9.17) is 34.8 Å². The van der Waals surface area contributed by atoms with Crippen molar-refractivity contribution in [3.63, 3.8) is 0 Å². The van der Waals surface area contributed by atoms with Gasteiger partial charge in [0.1, 0.15) is 12.6 Å². The lowest BCUT2D eigenvalue weighted by Crippen LogP contribution is -2.50. The van der Waals surface area contributed by atoms with Crippen LogP contribution in [0.2, 0.25) is 15.1 Å². The van der Waals surface area contributed by atoms with Crippen molar-refractivity contribution in [3.8, 4) is 0 Å². The van der Waals surface area contributed by atoms with Crippen molar-refractivity contribution in [2.75, 3.05) is 17.9 Å². The van der Waals surface area contributed by atoms with Gasteiger partial charge < -0.3 is 10.2 Å². The van der Waals surface area contributed by atoms with E-state index < -0.39 is 34.4 Å². The Labute approximate surface area is 238 Å². The highest BCUT2D eigenvalue weighted by atomic mass is 35.5.